The Kier molecular flexibility index (Phi) is 5.28. The first-order valence-electron chi connectivity index (χ1n) is 10.4. The Bertz CT molecular complexity index is 1240. The highest BCUT2D eigenvalue weighted by molar-refractivity contribution is 6.35. The van der Waals surface area contributed by atoms with Crippen LogP contribution in [-0.2, 0) is 6.42 Å². The summed E-state index contributed by atoms with van der Waals surface area (Å²) in [5.74, 6) is 0.713. The van der Waals surface area contributed by atoms with Gasteiger partial charge in [0.15, 0.2) is 0 Å². The smallest absolute Gasteiger partial charge is 0.283 e. The van der Waals surface area contributed by atoms with Crippen molar-refractivity contribution in [3.05, 3.63) is 66.9 Å². The Hall–Kier alpha value is -2.35. The summed E-state index contributed by atoms with van der Waals surface area (Å²) < 4.78 is 6.22. The number of nitrogens with zero attached hydrogens (tertiary/aromatic N) is 2. The Labute approximate surface area is 188 Å². The molecule has 2 N–H and O–H groups in total. The largest absolute Gasteiger partial charge is 0.490 e. The zero-order chi connectivity index (χ0) is 21.6. The molecule has 2 aliphatic rings. The predicted molar refractivity (Wildman–Crippen MR) is 120 cm³/mol. The topological polar surface area (TPSA) is 91.1 Å². The molecule has 7 nitrogen and oxygen atoms in total. The molecule has 9 heteroatoms. The zero-order valence-electron chi connectivity index (χ0n) is 16.8. The van der Waals surface area contributed by atoms with Crippen molar-refractivity contribution < 1.29 is 4.74 Å². The molecule has 1 saturated carbocycles. The number of pyridine rings is 1. The second kappa shape index (κ2) is 7.97. The molecule has 0 bridgehead atoms. The number of aryl methyl sites for hydroxylation is 1. The van der Waals surface area contributed by atoms with Crippen molar-refractivity contribution in [3.63, 3.8) is 0 Å². The van der Waals surface area contributed by atoms with Crippen molar-refractivity contribution in [1.29, 1.82) is 0 Å². The lowest BCUT2D eigenvalue weighted by molar-refractivity contribution is -0.118. The summed E-state index contributed by atoms with van der Waals surface area (Å²) in [6.45, 7) is 3.10. The molecule has 1 spiro atoms. The number of nitrogens with one attached hydrogen (secondary N) is 2. The van der Waals surface area contributed by atoms with Gasteiger partial charge in [0.2, 0.25) is 0 Å². The van der Waals surface area contributed by atoms with E-state index in [0.717, 1.165) is 56.3 Å². The van der Waals surface area contributed by atoms with Crippen molar-refractivity contribution in [2.45, 2.75) is 31.8 Å². The number of halogens is 2. The van der Waals surface area contributed by atoms with Gasteiger partial charge in [-0.2, -0.15) is 5.10 Å². The monoisotopic (exact) mass is 460 g/mol. The molecule has 31 heavy (non-hydrogen) atoms. The lowest BCUT2D eigenvalue weighted by Gasteiger charge is -2.58. The second-order valence-electron chi connectivity index (χ2n) is 8.64. The second-order valence-corrected chi connectivity index (χ2v) is 9.43. The van der Waals surface area contributed by atoms with Gasteiger partial charge in [-0.05, 0) is 56.0 Å². The van der Waals surface area contributed by atoms with Crippen LogP contribution in [0.5, 0.6) is 5.75 Å². The number of hydrogen-bond donors (Lipinski definition) is 2. The van der Waals surface area contributed by atoms with Gasteiger partial charge in [0.05, 0.1) is 22.7 Å². The molecule has 1 aliphatic heterocycles. The minimum atomic E-state index is -0.333. The number of fused-ring (bicyclic) bond motifs is 1. The predicted octanol–water partition coefficient (Wildman–Crippen LogP) is 3.39. The van der Waals surface area contributed by atoms with Crippen LogP contribution in [0.4, 0.5) is 0 Å². The molecular weight excluding hydrogens is 439 g/mol. The quantitative estimate of drug-likeness (QED) is 0.588. The highest BCUT2D eigenvalue weighted by Crippen LogP contribution is 2.50. The molecule has 162 valence electrons. The molecule has 2 aromatic heterocycles. The first-order chi connectivity index (χ1) is 14.9. The summed E-state index contributed by atoms with van der Waals surface area (Å²) in [5, 5.41) is 8.06. The molecule has 0 atom stereocenters. The van der Waals surface area contributed by atoms with E-state index >= 15 is 0 Å². The van der Waals surface area contributed by atoms with Gasteiger partial charge in [-0.1, -0.05) is 23.2 Å². The Balaban J connectivity index is 1.12. The molecule has 1 aliphatic carbocycles. The first kappa shape index (κ1) is 20.5. The molecule has 1 aromatic carbocycles. The maximum Gasteiger partial charge on any atom is 0.283 e. The third-order valence-corrected chi connectivity index (χ3v) is 7.10. The van der Waals surface area contributed by atoms with E-state index in [9.17, 15) is 9.59 Å². The van der Waals surface area contributed by atoms with Gasteiger partial charge in [-0.15, -0.1) is 0 Å². The molecule has 3 heterocycles. The third-order valence-electron chi connectivity index (χ3n) is 6.37. The molecule has 2 fully saturated rings. The van der Waals surface area contributed by atoms with Crippen LogP contribution in [0.25, 0.3) is 10.8 Å². The van der Waals surface area contributed by atoms with Crippen LogP contribution in [0.3, 0.4) is 0 Å². The van der Waals surface area contributed by atoms with Crippen LogP contribution in [0.2, 0.25) is 10.0 Å². The van der Waals surface area contributed by atoms with Crippen molar-refractivity contribution in [1.82, 2.24) is 20.1 Å². The molecular formula is C22H22Cl2N4O3. The van der Waals surface area contributed by atoms with Crippen LogP contribution in [-0.4, -0.2) is 45.8 Å². The molecule has 0 unspecified atom stereocenters. The summed E-state index contributed by atoms with van der Waals surface area (Å²) in [7, 11) is 0. The van der Waals surface area contributed by atoms with Crippen molar-refractivity contribution in [2.75, 3.05) is 19.6 Å². The minimum absolute atomic E-state index is 0.159. The van der Waals surface area contributed by atoms with Gasteiger partial charge >= 0.3 is 0 Å². The number of ether oxygens (including phenoxy) is 1. The first-order valence-corrected chi connectivity index (χ1v) is 11.1. The van der Waals surface area contributed by atoms with Crippen LogP contribution in [0, 0.1) is 5.41 Å². The van der Waals surface area contributed by atoms with Gasteiger partial charge in [0, 0.05) is 30.1 Å². The summed E-state index contributed by atoms with van der Waals surface area (Å²) in [5.41, 5.74) is 0.602. The number of H-pyrrole nitrogens is 2. The fraction of sp³-hybridized carbons (Fsp3) is 0.409. The fourth-order valence-corrected chi connectivity index (χ4v) is 5.36. The van der Waals surface area contributed by atoms with E-state index in [1.54, 1.807) is 18.5 Å². The van der Waals surface area contributed by atoms with Crippen LogP contribution in [0.1, 0.15) is 24.8 Å². The molecule has 5 rings (SSSR count). The van der Waals surface area contributed by atoms with Gasteiger partial charge in [0.1, 0.15) is 10.8 Å². The Morgan fingerprint density at radius 3 is 2.77 bits per heavy atom. The number of aromatic amines is 2. The highest BCUT2D eigenvalue weighted by atomic mass is 35.5. The van der Waals surface area contributed by atoms with E-state index in [1.807, 2.05) is 12.1 Å². The van der Waals surface area contributed by atoms with Crippen LogP contribution in [0.15, 0.2) is 40.2 Å². The maximum absolute atomic E-state index is 12.1. The number of likely N-dealkylation sites (tertiary alicyclic amines) is 1. The van der Waals surface area contributed by atoms with E-state index in [0.29, 0.717) is 21.6 Å². The normalized spacial score (nSPS) is 18.1. The average Bonchev–Trinajstić information content (AvgIpc) is 2.69. The van der Waals surface area contributed by atoms with Crippen molar-refractivity contribution in [2.24, 2.45) is 5.41 Å². The summed E-state index contributed by atoms with van der Waals surface area (Å²) in [6, 6.07) is 5.40. The van der Waals surface area contributed by atoms with E-state index in [1.165, 1.54) is 0 Å². The SMILES string of the molecule is O=c1[nH]ncc(CCCN2CC3(CC(Oc4ccc(Cl)c5c(=O)[nH]ccc45)C3)C2)c1Cl. The Morgan fingerprint density at radius 2 is 1.97 bits per heavy atom. The van der Waals surface area contributed by atoms with Crippen molar-refractivity contribution in [3.8, 4) is 5.75 Å². The van der Waals surface area contributed by atoms with Gasteiger partial charge in [-0.3, -0.25) is 9.59 Å². The van der Waals surface area contributed by atoms with Gasteiger partial charge < -0.3 is 14.6 Å². The lowest BCUT2D eigenvalue weighted by atomic mass is 9.61. The van der Waals surface area contributed by atoms with Gasteiger partial charge in [-0.25, -0.2) is 5.10 Å². The van der Waals surface area contributed by atoms with Crippen molar-refractivity contribution >= 4 is 34.0 Å². The van der Waals surface area contributed by atoms with E-state index in [4.69, 9.17) is 27.9 Å². The molecule has 1 saturated heterocycles. The zero-order valence-corrected chi connectivity index (χ0v) is 18.3. The highest BCUT2D eigenvalue weighted by Gasteiger charge is 2.53. The van der Waals surface area contributed by atoms with Gasteiger partial charge in [0.25, 0.3) is 11.1 Å². The van der Waals surface area contributed by atoms with Crippen LogP contribution < -0.4 is 15.9 Å². The fourth-order valence-electron chi connectivity index (χ4n) is 4.92. The van der Waals surface area contributed by atoms with E-state index < -0.39 is 0 Å². The van der Waals surface area contributed by atoms with E-state index in [-0.39, 0.29) is 22.2 Å². The average molecular weight is 461 g/mol. The number of rotatable bonds is 6. The van der Waals surface area contributed by atoms with Crippen LogP contribution >= 0.6 is 23.2 Å². The standard InChI is InChI=1S/C22H22Cl2N4O3/c23-16-3-4-17(15-5-6-25-20(29)18(15)16)31-14-8-22(9-14)11-28(12-22)7-1-2-13-10-26-27-21(30)19(13)24/h3-6,10,14H,1-2,7-9,11-12H2,(H,25,29)(H,27,30). The number of aromatic nitrogens is 3. The lowest BCUT2D eigenvalue weighted by Crippen LogP contribution is -2.64. The molecule has 0 radical (unpaired) electrons. The maximum atomic E-state index is 12.1. The Morgan fingerprint density at radius 1 is 1.16 bits per heavy atom. The summed E-state index contributed by atoms with van der Waals surface area (Å²) in [6.07, 6.45) is 7.12. The summed E-state index contributed by atoms with van der Waals surface area (Å²) >= 11 is 12.2. The minimum Gasteiger partial charge on any atom is -0.490 e. The number of hydrogen-bond acceptors (Lipinski definition) is 5. The molecule has 0 amide bonds. The molecule has 3 aromatic rings. The third kappa shape index (κ3) is 3.86. The number of benzene rings is 1. The summed E-state index contributed by atoms with van der Waals surface area (Å²) in [4.78, 5) is 28.7. The van der Waals surface area contributed by atoms with E-state index in [2.05, 4.69) is 20.1 Å².